The molecule has 3 heterocycles. The lowest BCUT2D eigenvalue weighted by Gasteiger charge is -2.21. The van der Waals surface area contributed by atoms with Gasteiger partial charge in [0, 0.05) is 53.6 Å². The molecule has 1 aliphatic rings. The van der Waals surface area contributed by atoms with E-state index in [-0.39, 0.29) is 11.7 Å². The van der Waals surface area contributed by atoms with Crippen LogP contribution in [-0.4, -0.2) is 66.0 Å². The van der Waals surface area contributed by atoms with Gasteiger partial charge in [0.1, 0.15) is 11.6 Å². The number of nitrogens with zero attached hydrogens (tertiary/aromatic N) is 3. The van der Waals surface area contributed by atoms with Gasteiger partial charge in [0.25, 0.3) is 5.91 Å². The fraction of sp³-hybridized carbons (Fsp3) is 0.259. The Hall–Kier alpha value is -3.91. The second kappa shape index (κ2) is 9.76. The van der Waals surface area contributed by atoms with Crippen molar-refractivity contribution in [3.05, 3.63) is 72.3 Å². The third-order valence-electron chi connectivity index (χ3n) is 6.37. The monoisotopic (exact) mass is 473 g/mol. The minimum absolute atomic E-state index is 0.0176. The summed E-state index contributed by atoms with van der Waals surface area (Å²) in [5.41, 5.74) is 4.67. The van der Waals surface area contributed by atoms with Crippen LogP contribution in [0.5, 0.6) is 5.75 Å². The minimum Gasteiger partial charge on any atom is -0.495 e. The predicted molar refractivity (Wildman–Crippen MR) is 136 cm³/mol. The molecule has 1 amide bonds. The number of methoxy groups -OCH3 is 1. The number of halogens is 1. The summed E-state index contributed by atoms with van der Waals surface area (Å²) in [4.78, 5) is 24.9. The van der Waals surface area contributed by atoms with Crippen LogP contribution in [-0.2, 0) is 0 Å². The van der Waals surface area contributed by atoms with Crippen molar-refractivity contribution in [2.75, 3.05) is 45.7 Å². The highest BCUT2D eigenvalue weighted by atomic mass is 19.1. The molecule has 0 saturated carbocycles. The lowest BCUT2D eigenvalue weighted by atomic mass is 10.1. The molecule has 1 aliphatic heterocycles. The van der Waals surface area contributed by atoms with Crippen LogP contribution in [0.25, 0.3) is 22.2 Å². The molecule has 2 aromatic heterocycles. The largest absolute Gasteiger partial charge is 0.495 e. The third kappa shape index (κ3) is 4.97. The molecule has 8 heteroatoms. The first-order valence-electron chi connectivity index (χ1n) is 11.7. The molecule has 0 atom stereocenters. The fourth-order valence-corrected chi connectivity index (χ4v) is 4.43. The number of rotatable bonds is 5. The van der Waals surface area contributed by atoms with Gasteiger partial charge in [-0.1, -0.05) is 0 Å². The zero-order valence-corrected chi connectivity index (χ0v) is 19.8. The van der Waals surface area contributed by atoms with Crippen LogP contribution in [0.15, 0.2) is 60.9 Å². The molecule has 1 fully saturated rings. The average Bonchev–Trinajstić information content (AvgIpc) is 3.17. The minimum atomic E-state index is -0.270. The van der Waals surface area contributed by atoms with Crippen molar-refractivity contribution in [1.82, 2.24) is 19.8 Å². The van der Waals surface area contributed by atoms with Gasteiger partial charge in [0.2, 0.25) is 0 Å². The Morgan fingerprint density at radius 1 is 1.06 bits per heavy atom. The number of amides is 1. The van der Waals surface area contributed by atoms with Crippen LogP contribution < -0.4 is 10.1 Å². The van der Waals surface area contributed by atoms with Crippen LogP contribution >= 0.6 is 0 Å². The summed E-state index contributed by atoms with van der Waals surface area (Å²) in [7, 11) is 3.67. The van der Waals surface area contributed by atoms with E-state index in [1.54, 1.807) is 31.6 Å². The van der Waals surface area contributed by atoms with Crippen molar-refractivity contribution in [2.45, 2.75) is 6.42 Å². The van der Waals surface area contributed by atoms with E-state index in [2.05, 4.69) is 27.2 Å². The molecule has 4 aromatic rings. The number of pyridine rings is 1. The van der Waals surface area contributed by atoms with E-state index < -0.39 is 0 Å². The number of benzene rings is 2. The van der Waals surface area contributed by atoms with Gasteiger partial charge in [-0.05, 0) is 68.5 Å². The molecule has 0 radical (unpaired) electrons. The number of hydrogen-bond acceptors (Lipinski definition) is 5. The number of H-pyrrole nitrogens is 1. The highest BCUT2D eigenvalue weighted by molar-refractivity contribution is 5.95. The zero-order valence-electron chi connectivity index (χ0n) is 19.8. The standard InChI is InChI=1S/C27H28FN5O2/c1-32-8-3-9-33(11-10-32)27(34)18-4-6-24(26(15-18)35-2)30-22-13-20(16-29-17-22)25-14-19-12-21(28)5-7-23(19)31-25/h4-7,12-17,30-31H,3,8-11H2,1-2H3. The number of likely N-dealkylation sites (N-methyl/N-ethyl adjacent to an activating group) is 1. The third-order valence-corrected chi connectivity index (χ3v) is 6.37. The molecule has 1 saturated heterocycles. The number of ether oxygens (including phenoxy) is 1. The average molecular weight is 474 g/mol. The van der Waals surface area contributed by atoms with Crippen molar-refractivity contribution >= 4 is 28.2 Å². The normalized spacial score (nSPS) is 14.7. The molecule has 0 aliphatic carbocycles. The second-order valence-corrected chi connectivity index (χ2v) is 8.87. The number of hydrogen-bond donors (Lipinski definition) is 2. The molecule has 2 aromatic carbocycles. The van der Waals surface area contributed by atoms with Crippen molar-refractivity contribution < 1.29 is 13.9 Å². The summed E-state index contributed by atoms with van der Waals surface area (Å²) >= 11 is 0. The molecular weight excluding hydrogens is 445 g/mol. The lowest BCUT2D eigenvalue weighted by Crippen LogP contribution is -2.34. The summed E-state index contributed by atoms with van der Waals surface area (Å²) in [6, 6.07) is 14.0. The summed E-state index contributed by atoms with van der Waals surface area (Å²) in [5.74, 6) is 0.326. The van der Waals surface area contributed by atoms with Gasteiger partial charge in [-0.25, -0.2) is 4.39 Å². The van der Waals surface area contributed by atoms with Crippen molar-refractivity contribution in [2.24, 2.45) is 0 Å². The number of carbonyl (C=O) groups is 1. The van der Waals surface area contributed by atoms with Gasteiger partial charge in [0.05, 0.1) is 24.7 Å². The first-order valence-corrected chi connectivity index (χ1v) is 11.7. The quantitative estimate of drug-likeness (QED) is 0.431. The zero-order chi connectivity index (χ0) is 24.4. The summed E-state index contributed by atoms with van der Waals surface area (Å²) in [5, 5.41) is 4.15. The maximum Gasteiger partial charge on any atom is 0.254 e. The topological polar surface area (TPSA) is 73.5 Å². The van der Waals surface area contributed by atoms with Gasteiger partial charge >= 0.3 is 0 Å². The highest BCUT2D eigenvalue weighted by Gasteiger charge is 2.20. The Bertz CT molecular complexity index is 1370. The van der Waals surface area contributed by atoms with Gasteiger partial charge in [-0.3, -0.25) is 9.78 Å². The maximum atomic E-state index is 13.6. The van der Waals surface area contributed by atoms with E-state index in [1.807, 2.05) is 29.2 Å². The molecule has 0 unspecified atom stereocenters. The molecule has 180 valence electrons. The number of nitrogens with one attached hydrogen (secondary N) is 2. The number of carbonyl (C=O) groups excluding carboxylic acids is 1. The van der Waals surface area contributed by atoms with E-state index >= 15 is 0 Å². The Balaban J connectivity index is 1.36. The summed E-state index contributed by atoms with van der Waals surface area (Å²) in [6.45, 7) is 3.34. The lowest BCUT2D eigenvalue weighted by molar-refractivity contribution is 0.0762. The molecule has 35 heavy (non-hydrogen) atoms. The van der Waals surface area contributed by atoms with Crippen LogP contribution in [0.4, 0.5) is 15.8 Å². The number of anilines is 2. The van der Waals surface area contributed by atoms with Crippen LogP contribution in [0.1, 0.15) is 16.8 Å². The smallest absolute Gasteiger partial charge is 0.254 e. The molecule has 5 rings (SSSR count). The van der Waals surface area contributed by atoms with E-state index in [0.29, 0.717) is 11.3 Å². The molecule has 7 nitrogen and oxygen atoms in total. The highest BCUT2D eigenvalue weighted by Crippen LogP contribution is 2.31. The SMILES string of the molecule is COc1cc(C(=O)N2CCCN(C)CC2)ccc1Nc1cncc(-c2cc3cc(F)ccc3[nH]2)c1. The number of aromatic nitrogens is 2. The van der Waals surface area contributed by atoms with Gasteiger partial charge in [-0.15, -0.1) is 0 Å². The molecular formula is C27H28FN5O2. The number of fused-ring (bicyclic) bond motifs is 1. The van der Waals surface area contributed by atoms with Crippen LogP contribution in [0, 0.1) is 5.82 Å². The Kier molecular flexibility index (Phi) is 6.37. The Morgan fingerprint density at radius 2 is 1.94 bits per heavy atom. The predicted octanol–water partition coefficient (Wildman–Crippen LogP) is 4.90. The van der Waals surface area contributed by atoms with E-state index in [0.717, 1.165) is 66.1 Å². The van der Waals surface area contributed by atoms with E-state index in [9.17, 15) is 9.18 Å². The van der Waals surface area contributed by atoms with Crippen molar-refractivity contribution in [3.63, 3.8) is 0 Å². The second-order valence-electron chi connectivity index (χ2n) is 8.87. The van der Waals surface area contributed by atoms with Crippen molar-refractivity contribution in [1.29, 1.82) is 0 Å². The summed E-state index contributed by atoms with van der Waals surface area (Å²) in [6.07, 6.45) is 4.44. The van der Waals surface area contributed by atoms with E-state index in [4.69, 9.17) is 4.74 Å². The molecule has 0 spiro atoms. The fourth-order valence-electron chi connectivity index (χ4n) is 4.43. The first-order chi connectivity index (χ1) is 17.0. The Morgan fingerprint density at radius 3 is 2.80 bits per heavy atom. The van der Waals surface area contributed by atoms with Gasteiger partial charge in [-0.2, -0.15) is 0 Å². The molecule has 2 N–H and O–H groups in total. The van der Waals surface area contributed by atoms with Gasteiger partial charge in [0.15, 0.2) is 0 Å². The summed E-state index contributed by atoms with van der Waals surface area (Å²) < 4.78 is 19.2. The van der Waals surface area contributed by atoms with Crippen molar-refractivity contribution in [3.8, 4) is 17.0 Å². The molecule has 0 bridgehead atoms. The van der Waals surface area contributed by atoms with Crippen LogP contribution in [0.3, 0.4) is 0 Å². The van der Waals surface area contributed by atoms with E-state index in [1.165, 1.54) is 12.1 Å². The Labute approximate surface area is 203 Å². The van der Waals surface area contributed by atoms with Gasteiger partial charge < -0.3 is 24.8 Å². The first kappa shape index (κ1) is 22.9. The maximum absolute atomic E-state index is 13.6. The van der Waals surface area contributed by atoms with Crippen LogP contribution in [0.2, 0.25) is 0 Å². The number of aromatic amines is 1.